The summed E-state index contributed by atoms with van der Waals surface area (Å²) in [5.41, 5.74) is 0.108. The quantitative estimate of drug-likeness (QED) is 0.672. The molecule has 0 aromatic heterocycles. The molecule has 5 heteroatoms. The van der Waals surface area contributed by atoms with Crippen molar-refractivity contribution in [2.45, 2.75) is 70.9 Å². The van der Waals surface area contributed by atoms with Gasteiger partial charge in [-0.1, -0.05) is 20.8 Å². The van der Waals surface area contributed by atoms with Crippen molar-refractivity contribution in [1.82, 2.24) is 10.2 Å². The second-order valence-corrected chi connectivity index (χ2v) is 8.69. The lowest BCUT2D eigenvalue weighted by atomic mass is 9.81. The van der Waals surface area contributed by atoms with Gasteiger partial charge in [0.1, 0.15) is 9.84 Å². The Kier molecular flexibility index (Phi) is 7.65. The smallest absolute Gasteiger partial charge is 0.147 e. The molecule has 1 N–H and O–H groups in total. The third-order valence-electron chi connectivity index (χ3n) is 5.03. The highest BCUT2D eigenvalue weighted by atomic mass is 32.2. The minimum absolute atomic E-state index is 0.108. The summed E-state index contributed by atoms with van der Waals surface area (Å²) < 4.78 is 23.2. The van der Waals surface area contributed by atoms with Gasteiger partial charge in [-0.2, -0.15) is 0 Å². The molecule has 1 heterocycles. The average molecular weight is 319 g/mol. The van der Waals surface area contributed by atoms with E-state index in [4.69, 9.17) is 0 Å². The molecule has 21 heavy (non-hydrogen) atoms. The fourth-order valence-corrected chi connectivity index (χ4v) is 4.45. The highest BCUT2D eigenvalue weighted by Gasteiger charge is 2.41. The van der Waals surface area contributed by atoms with Crippen molar-refractivity contribution in [3.63, 3.8) is 0 Å². The maximum Gasteiger partial charge on any atom is 0.147 e. The summed E-state index contributed by atoms with van der Waals surface area (Å²) in [6, 6.07) is 0.264. The van der Waals surface area contributed by atoms with E-state index < -0.39 is 9.84 Å². The van der Waals surface area contributed by atoms with Crippen molar-refractivity contribution < 1.29 is 8.42 Å². The van der Waals surface area contributed by atoms with Crippen molar-refractivity contribution in [2.24, 2.45) is 0 Å². The van der Waals surface area contributed by atoms with Crippen LogP contribution < -0.4 is 5.32 Å². The molecule has 0 radical (unpaired) electrons. The summed E-state index contributed by atoms with van der Waals surface area (Å²) >= 11 is 0. The zero-order valence-corrected chi connectivity index (χ0v) is 15.1. The second kappa shape index (κ2) is 8.49. The molecule has 0 saturated carbocycles. The molecule has 0 bridgehead atoms. The Morgan fingerprint density at radius 3 is 2.14 bits per heavy atom. The molecule has 1 rings (SSSR count). The molecule has 0 aromatic rings. The normalized spacial score (nSPS) is 19.0. The Hall–Kier alpha value is -0.130. The van der Waals surface area contributed by atoms with Gasteiger partial charge in [-0.15, -0.1) is 0 Å². The first kappa shape index (κ1) is 18.9. The van der Waals surface area contributed by atoms with Crippen LogP contribution in [0.3, 0.4) is 0 Å². The van der Waals surface area contributed by atoms with E-state index in [1.54, 1.807) is 0 Å². The largest absolute Gasteiger partial charge is 0.312 e. The van der Waals surface area contributed by atoms with Gasteiger partial charge >= 0.3 is 0 Å². The van der Waals surface area contributed by atoms with Crippen LogP contribution in [0.1, 0.15) is 59.3 Å². The molecule has 126 valence electrons. The predicted octanol–water partition coefficient (Wildman–Crippen LogP) is 2.44. The zero-order valence-electron chi connectivity index (χ0n) is 14.3. The Labute approximate surface area is 131 Å². The Morgan fingerprint density at radius 2 is 1.71 bits per heavy atom. The van der Waals surface area contributed by atoms with Gasteiger partial charge in [0.25, 0.3) is 0 Å². The van der Waals surface area contributed by atoms with Gasteiger partial charge in [0, 0.05) is 17.8 Å². The van der Waals surface area contributed by atoms with E-state index >= 15 is 0 Å². The van der Waals surface area contributed by atoms with Crippen LogP contribution in [0.2, 0.25) is 0 Å². The number of hydrogen-bond acceptors (Lipinski definition) is 4. The van der Waals surface area contributed by atoms with Gasteiger partial charge in [-0.05, 0) is 58.2 Å². The van der Waals surface area contributed by atoms with Crippen molar-refractivity contribution in [1.29, 1.82) is 0 Å². The molecular weight excluding hydrogens is 284 g/mol. The zero-order chi connectivity index (χ0) is 15.9. The molecule has 0 aromatic carbocycles. The lowest BCUT2D eigenvalue weighted by molar-refractivity contribution is 0.0608. The van der Waals surface area contributed by atoms with Crippen LogP contribution in [0.25, 0.3) is 0 Å². The minimum atomic E-state index is -2.90. The highest BCUT2D eigenvalue weighted by Crippen LogP contribution is 2.33. The van der Waals surface area contributed by atoms with Crippen LogP contribution in [0, 0.1) is 0 Å². The first-order valence-corrected chi connectivity index (χ1v) is 10.6. The molecular formula is C16H34N2O2S. The summed E-state index contributed by atoms with van der Waals surface area (Å²) in [6.45, 7) is 9.95. The third-order valence-corrected chi connectivity index (χ3v) is 6.00. The first-order chi connectivity index (χ1) is 9.89. The van der Waals surface area contributed by atoms with E-state index in [1.165, 1.54) is 19.1 Å². The van der Waals surface area contributed by atoms with E-state index in [0.717, 1.165) is 45.3 Å². The van der Waals surface area contributed by atoms with Crippen LogP contribution in [-0.2, 0) is 9.84 Å². The Balaban J connectivity index is 2.92. The third kappa shape index (κ3) is 5.22. The van der Waals surface area contributed by atoms with Crippen molar-refractivity contribution >= 4 is 9.84 Å². The number of likely N-dealkylation sites (tertiary alicyclic amines) is 1. The van der Waals surface area contributed by atoms with Gasteiger partial charge in [0.2, 0.25) is 0 Å². The van der Waals surface area contributed by atoms with Crippen molar-refractivity contribution in [3.8, 4) is 0 Å². The molecule has 4 nitrogen and oxygen atoms in total. The predicted molar refractivity (Wildman–Crippen MR) is 90.5 cm³/mol. The number of hydrogen-bond donors (Lipinski definition) is 1. The van der Waals surface area contributed by atoms with Crippen molar-refractivity contribution in [2.75, 3.05) is 31.6 Å². The molecule has 1 atom stereocenters. The highest BCUT2D eigenvalue weighted by molar-refractivity contribution is 7.90. The molecule has 1 aliphatic rings. The Bertz CT molecular complexity index is 385. The maximum atomic E-state index is 11.6. The van der Waals surface area contributed by atoms with Crippen LogP contribution in [0.4, 0.5) is 0 Å². The summed E-state index contributed by atoms with van der Waals surface area (Å²) in [7, 11) is -2.90. The average Bonchev–Trinajstić information content (AvgIpc) is 2.96. The number of rotatable bonds is 10. The molecule has 0 amide bonds. The van der Waals surface area contributed by atoms with E-state index in [-0.39, 0.29) is 17.3 Å². The van der Waals surface area contributed by atoms with Gasteiger partial charge in [0.15, 0.2) is 0 Å². The second-order valence-electron chi connectivity index (χ2n) is 6.43. The summed E-state index contributed by atoms with van der Waals surface area (Å²) in [5.74, 6) is 0.282. The van der Waals surface area contributed by atoms with E-state index in [1.807, 2.05) is 0 Å². The number of sulfone groups is 1. The first-order valence-electron chi connectivity index (χ1n) is 8.55. The lowest BCUT2D eigenvalue weighted by Gasteiger charge is -2.47. The van der Waals surface area contributed by atoms with Crippen LogP contribution >= 0.6 is 0 Å². The summed E-state index contributed by atoms with van der Waals surface area (Å²) in [6.07, 6.45) is 7.85. The molecule has 0 spiro atoms. The van der Waals surface area contributed by atoms with E-state index in [0.29, 0.717) is 0 Å². The Morgan fingerprint density at radius 1 is 1.14 bits per heavy atom. The van der Waals surface area contributed by atoms with E-state index in [9.17, 15) is 8.42 Å². The molecule has 0 aliphatic carbocycles. The number of nitrogens with zero attached hydrogens (tertiary/aromatic N) is 1. The fourth-order valence-electron chi connectivity index (χ4n) is 3.78. The standard InChI is InChI=1S/C16H34N2O2S/c1-5-11-17-15(10-14-21(4,19)20)16(6-2,7-3)18-12-8-9-13-18/h15,17H,5-14H2,1-4H3. The van der Waals surface area contributed by atoms with E-state index in [2.05, 4.69) is 31.0 Å². The maximum absolute atomic E-state index is 11.6. The fraction of sp³-hybridized carbons (Fsp3) is 1.00. The van der Waals surface area contributed by atoms with Gasteiger partial charge in [0.05, 0.1) is 5.75 Å². The SMILES string of the molecule is CCCNC(CCS(C)(=O)=O)C(CC)(CC)N1CCCC1. The summed E-state index contributed by atoms with van der Waals surface area (Å²) in [5, 5.41) is 3.66. The van der Waals surface area contributed by atoms with Crippen LogP contribution in [-0.4, -0.2) is 56.5 Å². The van der Waals surface area contributed by atoms with Gasteiger partial charge in [-0.3, -0.25) is 4.90 Å². The molecule has 1 saturated heterocycles. The number of nitrogens with one attached hydrogen (secondary N) is 1. The minimum Gasteiger partial charge on any atom is -0.312 e. The van der Waals surface area contributed by atoms with Gasteiger partial charge < -0.3 is 5.32 Å². The van der Waals surface area contributed by atoms with Crippen LogP contribution in [0.15, 0.2) is 0 Å². The topological polar surface area (TPSA) is 49.4 Å². The van der Waals surface area contributed by atoms with Crippen molar-refractivity contribution in [3.05, 3.63) is 0 Å². The molecule has 1 unspecified atom stereocenters. The lowest BCUT2D eigenvalue weighted by Crippen LogP contribution is -2.60. The van der Waals surface area contributed by atoms with Gasteiger partial charge in [-0.25, -0.2) is 8.42 Å². The molecule has 1 fully saturated rings. The van der Waals surface area contributed by atoms with Crippen LogP contribution in [0.5, 0.6) is 0 Å². The molecule has 1 aliphatic heterocycles. The monoisotopic (exact) mass is 318 g/mol. The summed E-state index contributed by atoms with van der Waals surface area (Å²) in [4.78, 5) is 2.61.